The van der Waals surface area contributed by atoms with Crippen LogP contribution in [0.5, 0.6) is 0 Å². The smallest absolute Gasteiger partial charge is 0.319 e. The van der Waals surface area contributed by atoms with Gasteiger partial charge in [-0.3, -0.25) is 0 Å². The normalized spacial score (nSPS) is 20.0. The molecule has 1 aliphatic rings. The molecule has 0 aliphatic carbocycles. The molecule has 1 aromatic carbocycles. The third kappa shape index (κ3) is 4.40. The van der Waals surface area contributed by atoms with Gasteiger partial charge < -0.3 is 10.6 Å². The van der Waals surface area contributed by atoms with E-state index >= 15 is 0 Å². The molecular weight excluding hydrogens is 297 g/mol. The van der Waals surface area contributed by atoms with Crippen LogP contribution in [0.1, 0.15) is 12.8 Å². The Labute approximate surface area is 123 Å². The molecule has 0 saturated carbocycles. The average molecular weight is 315 g/mol. The van der Waals surface area contributed by atoms with E-state index in [1.807, 2.05) is 0 Å². The number of amides is 2. The van der Waals surface area contributed by atoms with Gasteiger partial charge in [-0.15, -0.1) is 0 Å². The third-order valence-electron chi connectivity index (χ3n) is 3.31. The SMILES string of the molecule is CS(=O)(=O)N1CCCC(NC(=O)Nc2ccccc2F)C1. The summed E-state index contributed by atoms with van der Waals surface area (Å²) in [7, 11) is -3.26. The summed E-state index contributed by atoms with van der Waals surface area (Å²) in [5, 5.41) is 5.09. The van der Waals surface area contributed by atoms with E-state index in [9.17, 15) is 17.6 Å². The molecular formula is C13H18FN3O3S. The van der Waals surface area contributed by atoms with Gasteiger partial charge >= 0.3 is 6.03 Å². The largest absolute Gasteiger partial charge is 0.334 e. The van der Waals surface area contributed by atoms with Crippen molar-refractivity contribution in [1.29, 1.82) is 0 Å². The van der Waals surface area contributed by atoms with Gasteiger partial charge in [0.2, 0.25) is 10.0 Å². The summed E-state index contributed by atoms with van der Waals surface area (Å²) in [5.74, 6) is -0.519. The van der Waals surface area contributed by atoms with Gasteiger partial charge in [-0.2, -0.15) is 0 Å². The summed E-state index contributed by atoms with van der Waals surface area (Å²) in [5.41, 5.74) is 0.0887. The lowest BCUT2D eigenvalue weighted by molar-refractivity contribution is 0.236. The van der Waals surface area contributed by atoms with Crippen LogP contribution in [0.15, 0.2) is 24.3 Å². The third-order valence-corrected chi connectivity index (χ3v) is 4.58. The molecule has 2 N–H and O–H groups in total. The van der Waals surface area contributed by atoms with Crippen molar-refractivity contribution in [1.82, 2.24) is 9.62 Å². The van der Waals surface area contributed by atoms with E-state index in [0.717, 1.165) is 6.26 Å². The standard InChI is InChI=1S/C13H18FN3O3S/c1-21(19,20)17-8-4-5-10(9-17)15-13(18)16-12-7-3-2-6-11(12)14/h2-3,6-7,10H,4-5,8-9H2,1H3,(H2,15,16,18). The Bertz CT molecular complexity index is 621. The van der Waals surface area contributed by atoms with Crippen LogP contribution < -0.4 is 10.6 Å². The summed E-state index contributed by atoms with van der Waals surface area (Å²) < 4.78 is 37.8. The van der Waals surface area contributed by atoms with Gasteiger partial charge in [0.05, 0.1) is 11.9 Å². The fourth-order valence-corrected chi connectivity index (χ4v) is 3.18. The van der Waals surface area contributed by atoms with E-state index in [0.29, 0.717) is 19.4 Å². The second-order valence-corrected chi connectivity index (χ2v) is 7.02. The number of para-hydroxylation sites is 1. The number of anilines is 1. The number of carbonyl (C=O) groups excluding carboxylic acids is 1. The Kier molecular flexibility index (Phi) is 4.79. The van der Waals surface area contributed by atoms with Crippen LogP contribution in [0.3, 0.4) is 0 Å². The number of hydrogen-bond acceptors (Lipinski definition) is 3. The average Bonchev–Trinajstić information content (AvgIpc) is 2.41. The minimum absolute atomic E-state index is 0.0887. The first-order chi connectivity index (χ1) is 9.86. The van der Waals surface area contributed by atoms with Crippen LogP contribution in [0, 0.1) is 5.82 Å². The zero-order valence-electron chi connectivity index (χ0n) is 11.7. The van der Waals surface area contributed by atoms with Crippen molar-refractivity contribution < 1.29 is 17.6 Å². The second kappa shape index (κ2) is 6.40. The quantitative estimate of drug-likeness (QED) is 0.884. The zero-order chi connectivity index (χ0) is 15.5. The Morgan fingerprint density at radius 1 is 1.38 bits per heavy atom. The Morgan fingerprint density at radius 2 is 2.10 bits per heavy atom. The minimum atomic E-state index is -3.26. The van der Waals surface area contributed by atoms with Gasteiger partial charge in [-0.05, 0) is 25.0 Å². The summed E-state index contributed by atoms with van der Waals surface area (Å²) >= 11 is 0. The van der Waals surface area contributed by atoms with Gasteiger partial charge in [-0.1, -0.05) is 12.1 Å². The van der Waals surface area contributed by atoms with Crippen LogP contribution in [0.4, 0.5) is 14.9 Å². The monoisotopic (exact) mass is 315 g/mol. The number of sulfonamides is 1. The topological polar surface area (TPSA) is 78.5 Å². The van der Waals surface area contributed by atoms with Crippen molar-refractivity contribution in [3.8, 4) is 0 Å². The number of benzene rings is 1. The number of hydrogen-bond donors (Lipinski definition) is 2. The number of rotatable bonds is 3. The van der Waals surface area contributed by atoms with E-state index in [1.165, 1.54) is 22.5 Å². The van der Waals surface area contributed by atoms with Crippen LogP contribution in [-0.2, 0) is 10.0 Å². The molecule has 0 aromatic heterocycles. The number of urea groups is 1. The molecule has 1 aliphatic heterocycles. The summed E-state index contributed by atoms with van der Waals surface area (Å²) in [6.45, 7) is 0.704. The minimum Gasteiger partial charge on any atom is -0.334 e. The predicted octanol–water partition coefficient (Wildman–Crippen LogP) is 1.37. The second-order valence-electron chi connectivity index (χ2n) is 5.04. The fraction of sp³-hybridized carbons (Fsp3) is 0.462. The molecule has 8 heteroatoms. The van der Waals surface area contributed by atoms with Crippen molar-refractivity contribution in [2.24, 2.45) is 0 Å². The van der Waals surface area contributed by atoms with Gasteiger partial charge in [0.15, 0.2) is 0 Å². The Balaban J connectivity index is 1.92. The van der Waals surface area contributed by atoms with E-state index in [-0.39, 0.29) is 18.3 Å². The van der Waals surface area contributed by atoms with Crippen molar-refractivity contribution in [3.63, 3.8) is 0 Å². The lowest BCUT2D eigenvalue weighted by Crippen LogP contribution is -2.50. The van der Waals surface area contributed by atoms with Crippen LogP contribution in [-0.4, -0.2) is 44.1 Å². The molecule has 0 radical (unpaired) electrons. The molecule has 1 heterocycles. The molecule has 2 rings (SSSR count). The number of nitrogens with zero attached hydrogens (tertiary/aromatic N) is 1. The Morgan fingerprint density at radius 3 is 2.76 bits per heavy atom. The van der Waals surface area contributed by atoms with E-state index in [2.05, 4.69) is 10.6 Å². The first kappa shape index (κ1) is 15.7. The molecule has 1 atom stereocenters. The van der Waals surface area contributed by atoms with E-state index in [4.69, 9.17) is 0 Å². The highest BCUT2D eigenvalue weighted by molar-refractivity contribution is 7.88. The molecule has 116 valence electrons. The number of halogens is 1. The maximum atomic E-state index is 13.4. The fourth-order valence-electron chi connectivity index (χ4n) is 2.27. The highest BCUT2D eigenvalue weighted by Crippen LogP contribution is 2.15. The van der Waals surface area contributed by atoms with Crippen LogP contribution in [0.2, 0.25) is 0 Å². The van der Waals surface area contributed by atoms with E-state index in [1.54, 1.807) is 6.07 Å². The molecule has 1 fully saturated rings. The van der Waals surface area contributed by atoms with Gasteiger partial charge in [0.25, 0.3) is 0 Å². The maximum absolute atomic E-state index is 13.4. The molecule has 2 amide bonds. The molecule has 0 bridgehead atoms. The van der Waals surface area contributed by atoms with Crippen molar-refractivity contribution in [2.75, 3.05) is 24.7 Å². The molecule has 0 spiro atoms. The molecule has 1 unspecified atom stereocenters. The Hall–Kier alpha value is -1.67. The molecule has 21 heavy (non-hydrogen) atoms. The molecule has 1 aromatic rings. The molecule has 6 nitrogen and oxygen atoms in total. The highest BCUT2D eigenvalue weighted by atomic mass is 32.2. The lowest BCUT2D eigenvalue weighted by Gasteiger charge is -2.31. The maximum Gasteiger partial charge on any atom is 0.319 e. The van der Waals surface area contributed by atoms with Gasteiger partial charge in [0.1, 0.15) is 5.82 Å². The van der Waals surface area contributed by atoms with Crippen LogP contribution in [0.25, 0.3) is 0 Å². The number of nitrogens with one attached hydrogen (secondary N) is 2. The number of carbonyl (C=O) groups is 1. The highest BCUT2D eigenvalue weighted by Gasteiger charge is 2.26. The van der Waals surface area contributed by atoms with E-state index < -0.39 is 21.9 Å². The predicted molar refractivity (Wildman–Crippen MR) is 78.0 cm³/mol. The number of piperidine rings is 1. The zero-order valence-corrected chi connectivity index (χ0v) is 12.5. The first-order valence-corrected chi connectivity index (χ1v) is 8.48. The lowest BCUT2D eigenvalue weighted by atomic mass is 10.1. The summed E-state index contributed by atoms with van der Waals surface area (Å²) in [6, 6.07) is 5.04. The van der Waals surface area contributed by atoms with Crippen LogP contribution >= 0.6 is 0 Å². The van der Waals surface area contributed by atoms with Gasteiger partial charge in [-0.25, -0.2) is 21.9 Å². The van der Waals surface area contributed by atoms with Crippen molar-refractivity contribution in [3.05, 3.63) is 30.1 Å². The summed E-state index contributed by atoms with van der Waals surface area (Å²) in [4.78, 5) is 11.8. The summed E-state index contributed by atoms with van der Waals surface area (Å²) in [6.07, 6.45) is 2.52. The van der Waals surface area contributed by atoms with Crippen molar-refractivity contribution >= 4 is 21.7 Å². The van der Waals surface area contributed by atoms with Crippen molar-refractivity contribution in [2.45, 2.75) is 18.9 Å². The first-order valence-electron chi connectivity index (χ1n) is 6.63. The van der Waals surface area contributed by atoms with Gasteiger partial charge in [0, 0.05) is 19.1 Å². The molecule has 1 saturated heterocycles.